The molecule has 3 heterocycles. The van der Waals surface area contributed by atoms with Gasteiger partial charge in [0, 0.05) is 17.2 Å². The molecule has 3 rings (SSSR count). The van der Waals surface area contributed by atoms with Gasteiger partial charge in [0.1, 0.15) is 21.1 Å². The first kappa shape index (κ1) is 12.8. The van der Waals surface area contributed by atoms with Crippen LogP contribution in [-0.2, 0) is 4.74 Å². The molecule has 7 heteroatoms. The molecule has 0 aliphatic carbocycles. The Labute approximate surface area is 118 Å². The van der Waals surface area contributed by atoms with E-state index in [4.69, 9.17) is 4.74 Å². The third-order valence-electron chi connectivity index (χ3n) is 3.05. The quantitative estimate of drug-likeness (QED) is 0.878. The highest BCUT2D eigenvalue weighted by atomic mass is 32.2. The topological polar surface area (TPSA) is 72.3 Å². The van der Waals surface area contributed by atoms with Crippen LogP contribution in [-0.4, -0.2) is 39.5 Å². The van der Waals surface area contributed by atoms with Crippen LogP contribution < -0.4 is 0 Å². The number of nitrogens with zero attached hydrogens (tertiary/aromatic N) is 2. The molecule has 0 radical (unpaired) electrons. The summed E-state index contributed by atoms with van der Waals surface area (Å²) in [5.41, 5.74) is 0.759. The van der Waals surface area contributed by atoms with Gasteiger partial charge in [-0.2, -0.15) is 0 Å². The van der Waals surface area contributed by atoms with Crippen molar-refractivity contribution in [3.05, 3.63) is 16.8 Å². The van der Waals surface area contributed by atoms with Crippen LogP contribution in [0.4, 0.5) is 0 Å². The summed E-state index contributed by atoms with van der Waals surface area (Å²) < 4.78 is 5.36. The monoisotopic (exact) mass is 296 g/mol. The minimum Gasteiger partial charge on any atom is -0.477 e. The maximum atomic E-state index is 11.2. The van der Waals surface area contributed by atoms with Gasteiger partial charge in [0.2, 0.25) is 0 Å². The molecule has 1 N–H and O–H groups in total. The van der Waals surface area contributed by atoms with Gasteiger partial charge in [0.05, 0.1) is 6.61 Å². The number of ether oxygens (including phenoxy) is 1. The molecule has 0 spiro atoms. The Morgan fingerprint density at radius 2 is 2.42 bits per heavy atom. The average Bonchev–Trinajstić information content (AvgIpc) is 2.98. The van der Waals surface area contributed by atoms with E-state index in [0.29, 0.717) is 10.1 Å². The van der Waals surface area contributed by atoms with Crippen LogP contribution in [0.2, 0.25) is 0 Å². The molecule has 5 nitrogen and oxygen atoms in total. The largest absolute Gasteiger partial charge is 0.477 e. The minimum atomic E-state index is -0.902. The average molecular weight is 296 g/mol. The Morgan fingerprint density at radius 3 is 3.11 bits per heavy atom. The van der Waals surface area contributed by atoms with Gasteiger partial charge in [-0.05, 0) is 18.9 Å². The fourth-order valence-corrected chi connectivity index (χ4v) is 4.32. The van der Waals surface area contributed by atoms with Crippen LogP contribution in [0.3, 0.4) is 0 Å². The number of thiophene rings is 1. The predicted molar refractivity (Wildman–Crippen MR) is 74.2 cm³/mol. The normalized spacial score (nSPS) is 19.1. The lowest BCUT2D eigenvalue weighted by atomic mass is 10.2. The van der Waals surface area contributed by atoms with E-state index in [9.17, 15) is 9.90 Å². The molecule has 1 aliphatic rings. The Bertz CT molecular complexity index is 635. The molecule has 2 aromatic rings. The van der Waals surface area contributed by atoms with Gasteiger partial charge in [-0.15, -0.1) is 11.3 Å². The number of carbonyl (C=O) groups is 1. The van der Waals surface area contributed by atoms with Crippen molar-refractivity contribution in [2.75, 3.05) is 13.2 Å². The maximum Gasteiger partial charge on any atom is 0.346 e. The number of carboxylic acid groups (broad SMARTS) is 1. The number of carboxylic acids is 1. The zero-order valence-electron chi connectivity index (χ0n) is 10.3. The van der Waals surface area contributed by atoms with Crippen LogP contribution >= 0.6 is 23.1 Å². The minimum absolute atomic E-state index is 0.347. The Hall–Kier alpha value is -1.18. The molecular formula is C12H12N2O3S2. The molecule has 19 heavy (non-hydrogen) atoms. The van der Waals surface area contributed by atoms with Gasteiger partial charge >= 0.3 is 5.97 Å². The number of aromatic carboxylic acids is 1. The van der Waals surface area contributed by atoms with Crippen LogP contribution in [0.1, 0.15) is 21.7 Å². The summed E-state index contributed by atoms with van der Waals surface area (Å²) >= 11 is 2.87. The highest BCUT2D eigenvalue weighted by molar-refractivity contribution is 8.00. The Morgan fingerprint density at radius 1 is 1.58 bits per heavy atom. The smallest absolute Gasteiger partial charge is 0.346 e. The van der Waals surface area contributed by atoms with Crippen LogP contribution in [0.5, 0.6) is 0 Å². The van der Waals surface area contributed by atoms with Gasteiger partial charge in [0.25, 0.3) is 0 Å². The first-order chi connectivity index (χ1) is 9.16. The number of fused-ring (bicyclic) bond motifs is 1. The van der Waals surface area contributed by atoms with E-state index in [0.717, 1.165) is 40.4 Å². The highest BCUT2D eigenvalue weighted by Gasteiger charge is 2.22. The lowest BCUT2D eigenvalue weighted by molar-refractivity contribution is 0.0701. The van der Waals surface area contributed by atoms with E-state index in [-0.39, 0.29) is 0 Å². The molecule has 100 valence electrons. The first-order valence-corrected chi connectivity index (χ1v) is 7.58. The molecular weight excluding hydrogens is 284 g/mol. The fraction of sp³-hybridized carbons (Fsp3) is 0.417. The summed E-state index contributed by atoms with van der Waals surface area (Å²) in [5.74, 6) is -0.902. The molecule has 0 amide bonds. The van der Waals surface area contributed by atoms with Crippen molar-refractivity contribution >= 4 is 39.3 Å². The number of thioether (sulfide) groups is 1. The molecule has 1 aliphatic heterocycles. The van der Waals surface area contributed by atoms with E-state index in [1.54, 1.807) is 11.8 Å². The van der Waals surface area contributed by atoms with Gasteiger partial charge in [0.15, 0.2) is 0 Å². The third kappa shape index (κ3) is 2.33. The molecule has 0 bridgehead atoms. The second-order valence-corrected chi connectivity index (χ2v) is 6.61. The summed E-state index contributed by atoms with van der Waals surface area (Å²) in [6.45, 7) is 3.33. The van der Waals surface area contributed by atoms with E-state index < -0.39 is 5.97 Å². The van der Waals surface area contributed by atoms with Crippen LogP contribution in [0.15, 0.2) is 11.4 Å². The molecule has 1 fully saturated rings. The first-order valence-electron chi connectivity index (χ1n) is 5.88. The van der Waals surface area contributed by atoms with Crippen LogP contribution in [0.25, 0.3) is 10.2 Å². The Kier molecular flexibility index (Phi) is 3.42. The van der Waals surface area contributed by atoms with Crippen molar-refractivity contribution in [2.45, 2.75) is 23.6 Å². The maximum absolute atomic E-state index is 11.2. The summed E-state index contributed by atoms with van der Waals surface area (Å²) in [7, 11) is 0. The molecule has 0 aromatic carbocycles. The van der Waals surface area contributed by atoms with Gasteiger partial charge < -0.3 is 9.84 Å². The number of hydrogen-bond donors (Lipinski definition) is 1. The van der Waals surface area contributed by atoms with E-state index in [1.807, 2.05) is 6.92 Å². The third-order valence-corrected chi connectivity index (χ3v) is 5.48. The zero-order valence-corrected chi connectivity index (χ0v) is 11.9. The van der Waals surface area contributed by atoms with Crippen molar-refractivity contribution in [2.24, 2.45) is 0 Å². The second kappa shape index (κ2) is 5.07. The summed E-state index contributed by atoms with van der Waals surface area (Å²) in [6.07, 6.45) is 2.51. The van der Waals surface area contributed by atoms with Crippen molar-refractivity contribution < 1.29 is 14.6 Å². The van der Waals surface area contributed by atoms with E-state index in [1.165, 1.54) is 17.7 Å². The summed E-state index contributed by atoms with van der Waals surface area (Å²) in [5, 5.41) is 11.3. The highest BCUT2D eigenvalue weighted by Crippen LogP contribution is 2.37. The lowest BCUT2D eigenvalue weighted by Crippen LogP contribution is -2.01. The number of aryl methyl sites for hydroxylation is 1. The van der Waals surface area contributed by atoms with E-state index in [2.05, 4.69) is 9.97 Å². The molecule has 2 aromatic heterocycles. The second-order valence-electron chi connectivity index (χ2n) is 4.32. The summed E-state index contributed by atoms with van der Waals surface area (Å²) in [6, 6.07) is 0. The number of hydrogen-bond acceptors (Lipinski definition) is 6. The van der Waals surface area contributed by atoms with Crippen molar-refractivity contribution in [3.63, 3.8) is 0 Å². The van der Waals surface area contributed by atoms with Gasteiger partial charge in [-0.1, -0.05) is 11.8 Å². The number of aromatic nitrogens is 2. The number of rotatable bonds is 3. The van der Waals surface area contributed by atoms with Crippen molar-refractivity contribution in [1.82, 2.24) is 9.97 Å². The van der Waals surface area contributed by atoms with Crippen molar-refractivity contribution in [1.29, 1.82) is 0 Å². The van der Waals surface area contributed by atoms with Gasteiger partial charge in [-0.3, -0.25) is 0 Å². The molecule has 1 unspecified atom stereocenters. The fourth-order valence-electron chi connectivity index (χ4n) is 2.10. The standard InChI is InChI=1S/C12H12N2O3S2/c1-6-8-10(18-7-2-3-17-4-7)13-5-14-11(8)19-9(6)12(15)16/h5,7H,2-4H2,1H3,(H,15,16). The predicted octanol–water partition coefficient (Wildman–Crippen LogP) is 2.58. The molecule has 1 saturated heterocycles. The van der Waals surface area contributed by atoms with Crippen molar-refractivity contribution in [3.8, 4) is 0 Å². The Balaban J connectivity index is 2.06. The zero-order chi connectivity index (χ0) is 13.4. The SMILES string of the molecule is Cc1c(C(=O)O)sc2ncnc(SC3CCOC3)c12. The molecule has 1 atom stereocenters. The molecule has 0 saturated carbocycles. The lowest BCUT2D eigenvalue weighted by Gasteiger charge is -2.07. The van der Waals surface area contributed by atoms with E-state index >= 15 is 0 Å². The summed E-state index contributed by atoms with van der Waals surface area (Å²) in [4.78, 5) is 20.8. The van der Waals surface area contributed by atoms with Gasteiger partial charge in [-0.25, -0.2) is 14.8 Å². The van der Waals surface area contributed by atoms with Crippen LogP contribution in [0, 0.1) is 6.92 Å².